The second-order valence-electron chi connectivity index (χ2n) is 7.86. The highest BCUT2D eigenvalue weighted by molar-refractivity contribution is 6.28. The summed E-state index contributed by atoms with van der Waals surface area (Å²) in [6.07, 6.45) is 0.982. The summed E-state index contributed by atoms with van der Waals surface area (Å²) >= 11 is 5.79. The Balaban J connectivity index is 1.19. The molecule has 1 amide bonds. The third-order valence-electron chi connectivity index (χ3n) is 5.88. The van der Waals surface area contributed by atoms with Crippen LogP contribution in [0.15, 0.2) is 28.7 Å². The molecule has 2 atom stereocenters. The monoisotopic (exact) mass is 444 g/mol. The summed E-state index contributed by atoms with van der Waals surface area (Å²) in [6, 6.07) is 8.94. The van der Waals surface area contributed by atoms with Gasteiger partial charge in [0, 0.05) is 38.9 Å². The molecule has 3 fully saturated rings. The highest BCUT2D eigenvalue weighted by Gasteiger charge is 2.32. The summed E-state index contributed by atoms with van der Waals surface area (Å²) in [5.41, 5.74) is 4.19. The van der Waals surface area contributed by atoms with E-state index < -0.39 is 0 Å². The van der Waals surface area contributed by atoms with Crippen molar-refractivity contribution >= 4 is 40.1 Å². The first-order valence-electron chi connectivity index (χ1n) is 10.4. The number of hydrogen-bond acceptors (Lipinski definition) is 7. The number of aromatic nitrogens is 2. The Hall–Kier alpha value is -2.75. The first kappa shape index (κ1) is 20.2. The quantitative estimate of drug-likeness (QED) is 0.460. The van der Waals surface area contributed by atoms with Crippen LogP contribution in [0.5, 0.6) is 0 Å². The smallest absolute Gasteiger partial charge is 0.294 e. The van der Waals surface area contributed by atoms with Gasteiger partial charge >= 0.3 is 0 Å². The van der Waals surface area contributed by atoms with E-state index in [0.717, 1.165) is 32.7 Å². The van der Waals surface area contributed by atoms with Crippen molar-refractivity contribution < 1.29 is 13.9 Å². The highest BCUT2D eigenvalue weighted by atomic mass is 35.5. The third-order valence-corrected chi connectivity index (χ3v) is 6.04. The van der Waals surface area contributed by atoms with Gasteiger partial charge in [0.15, 0.2) is 11.2 Å². The van der Waals surface area contributed by atoms with E-state index >= 15 is 0 Å². The molecule has 6 rings (SSSR count). The van der Waals surface area contributed by atoms with E-state index in [9.17, 15) is 4.79 Å². The second kappa shape index (κ2) is 8.41. The Morgan fingerprint density at radius 3 is 2.97 bits per heavy atom. The van der Waals surface area contributed by atoms with Crippen LogP contribution in [-0.2, 0) is 11.2 Å². The van der Waals surface area contributed by atoms with Gasteiger partial charge in [-0.1, -0.05) is 12.1 Å². The van der Waals surface area contributed by atoms with Crippen LogP contribution in [0, 0.1) is 0 Å². The predicted octanol–water partition coefficient (Wildman–Crippen LogP) is 2.00. The zero-order valence-corrected chi connectivity index (χ0v) is 18.0. The number of halogens is 1. The standard InChI is InChI=1S/C21H25ClN6O3/c1-23-16-17(26-19-18(16)31-21(22)27-19)20(29)25-7-6-12-2-4-13(5-3-12)28-10-15-9-24-8-14(28)11-30-15/h2-5,14-15,23-24,26H,6-11H2,1H3,(H,25,29). The number of hydrogen-bond donors (Lipinski definition) is 4. The molecule has 5 heterocycles. The molecule has 4 N–H and O–H groups in total. The lowest BCUT2D eigenvalue weighted by Crippen LogP contribution is -2.49. The van der Waals surface area contributed by atoms with Crippen molar-refractivity contribution in [3.8, 4) is 0 Å². The molecule has 0 saturated carbocycles. The lowest BCUT2D eigenvalue weighted by molar-refractivity contribution is 0.0392. The van der Waals surface area contributed by atoms with Crippen LogP contribution < -0.4 is 20.9 Å². The number of morpholine rings is 1. The molecule has 164 valence electrons. The van der Waals surface area contributed by atoms with Crippen molar-refractivity contribution in [1.82, 2.24) is 20.6 Å². The van der Waals surface area contributed by atoms with Gasteiger partial charge in [0.2, 0.25) is 0 Å². The number of aromatic amines is 1. The lowest BCUT2D eigenvalue weighted by atomic mass is 10.1. The molecule has 2 aromatic heterocycles. The molecular weight excluding hydrogens is 420 g/mol. The molecule has 9 nitrogen and oxygen atoms in total. The van der Waals surface area contributed by atoms with E-state index in [1.54, 1.807) is 7.05 Å². The van der Waals surface area contributed by atoms with Gasteiger partial charge in [-0.3, -0.25) is 4.79 Å². The Kier molecular flexibility index (Phi) is 5.47. The van der Waals surface area contributed by atoms with E-state index in [-0.39, 0.29) is 17.4 Å². The number of ether oxygens (including phenoxy) is 1. The number of carbonyl (C=O) groups is 1. The maximum absolute atomic E-state index is 12.6. The molecule has 0 aliphatic carbocycles. The first-order valence-corrected chi connectivity index (χ1v) is 10.8. The number of amides is 1. The molecule has 0 radical (unpaired) electrons. The van der Waals surface area contributed by atoms with E-state index in [4.69, 9.17) is 20.8 Å². The fourth-order valence-electron chi connectivity index (χ4n) is 4.29. The number of benzene rings is 1. The van der Waals surface area contributed by atoms with E-state index in [1.165, 1.54) is 11.3 Å². The van der Waals surface area contributed by atoms with Crippen LogP contribution in [0.25, 0.3) is 11.2 Å². The number of fused-ring (bicyclic) bond motifs is 5. The number of rotatable bonds is 6. The highest BCUT2D eigenvalue weighted by Crippen LogP contribution is 2.29. The van der Waals surface area contributed by atoms with Crippen molar-refractivity contribution in [3.05, 3.63) is 40.9 Å². The second-order valence-corrected chi connectivity index (χ2v) is 8.19. The fraction of sp³-hybridized carbons (Fsp3) is 0.429. The van der Waals surface area contributed by atoms with E-state index in [2.05, 4.69) is 55.1 Å². The number of oxazole rings is 1. The number of nitrogens with one attached hydrogen (secondary N) is 4. The Labute approximate surface area is 184 Å². The van der Waals surface area contributed by atoms with Gasteiger partial charge in [-0.05, 0) is 35.7 Å². The van der Waals surface area contributed by atoms with Crippen molar-refractivity contribution in [2.45, 2.75) is 18.6 Å². The van der Waals surface area contributed by atoms with Crippen LogP contribution in [0.2, 0.25) is 5.35 Å². The van der Waals surface area contributed by atoms with Gasteiger partial charge in [0.1, 0.15) is 11.4 Å². The summed E-state index contributed by atoms with van der Waals surface area (Å²) in [5.74, 6) is -0.224. The van der Waals surface area contributed by atoms with Crippen molar-refractivity contribution in [1.29, 1.82) is 0 Å². The minimum atomic E-state index is -0.224. The lowest BCUT2D eigenvalue weighted by Gasteiger charge is -2.38. The summed E-state index contributed by atoms with van der Waals surface area (Å²) in [5, 5.41) is 9.41. The maximum atomic E-state index is 12.6. The number of H-pyrrole nitrogens is 1. The number of anilines is 2. The van der Waals surface area contributed by atoms with Gasteiger partial charge in [-0.15, -0.1) is 0 Å². The molecule has 1 aromatic carbocycles. The summed E-state index contributed by atoms with van der Waals surface area (Å²) in [6.45, 7) is 4.06. The van der Waals surface area contributed by atoms with Crippen LogP contribution >= 0.6 is 11.6 Å². The van der Waals surface area contributed by atoms with Crippen LogP contribution in [0.4, 0.5) is 11.4 Å². The summed E-state index contributed by atoms with van der Waals surface area (Å²) in [4.78, 5) is 22.0. The SMILES string of the molecule is CNc1c(C(=O)NCCc2ccc(N3CC4CNCC3CO4)cc2)[nH]c2nc(Cl)oc12. The van der Waals surface area contributed by atoms with Crippen molar-refractivity contribution in [3.63, 3.8) is 0 Å². The van der Waals surface area contributed by atoms with E-state index in [1.807, 2.05) is 0 Å². The number of nitrogens with zero attached hydrogens (tertiary/aromatic N) is 2. The van der Waals surface area contributed by atoms with Crippen LogP contribution in [-0.4, -0.2) is 67.9 Å². The topological polar surface area (TPSA) is 107 Å². The maximum Gasteiger partial charge on any atom is 0.294 e. The Morgan fingerprint density at radius 2 is 2.16 bits per heavy atom. The van der Waals surface area contributed by atoms with Gasteiger partial charge in [-0.2, -0.15) is 4.98 Å². The fourth-order valence-corrected chi connectivity index (χ4v) is 4.45. The Bertz CT molecular complexity index is 1070. The van der Waals surface area contributed by atoms with Gasteiger partial charge in [0.25, 0.3) is 11.3 Å². The average molecular weight is 445 g/mol. The third kappa shape index (κ3) is 3.96. The van der Waals surface area contributed by atoms with Crippen LogP contribution in [0.1, 0.15) is 16.1 Å². The first-order chi connectivity index (χ1) is 15.1. The van der Waals surface area contributed by atoms with Gasteiger partial charge in [-0.25, -0.2) is 0 Å². The summed E-state index contributed by atoms with van der Waals surface area (Å²) < 4.78 is 11.2. The van der Waals surface area contributed by atoms with E-state index in [0.29, 0.717) is 35.2 Å². The average Bonchev–Trinajstić information content (AvgIpc) is 3.11. The molecular formula is C21H25ClN6O3. The van der Waals surface area contributed by atoms with Crippen molar-refractivity contribution in [2.24, 2.45) is 0 Å². The summed E-state index contributed by atoms with van der Waals surface area (Å²) in [7, 11) is 1.72. The Morgan fingerprint density at radius 1 is 1.32 bits per heavy atom. The molecule has 3 aromatic rings. The normalized spacial score (nSPS) is 20.8. The zero-order chi connectivity index (χ0) is 21.4. The minimum Gasteiger partial charge on any atom is -0.424 e. The van der Waals surface area contributed by atoms with Gasteiger partial charge in [0.05, 0.1) is 18.8 Å². The molecule has 3 aliphatic rings. The molecule has 2 unspecified atom stereocenters. The van der Waals surface area contributed by atoms with Gasteiger partial charge < -0.3 is 35.0 Å². The van der Waals surface area contributed by atoms with Crippen molar-refractivity contribution in [2.75, 3.05) is 50.1 Å². The zero-order valence-electron chi connectivity index (χ0n) is 17.2. The molecule has 0 spiro atoms. The largest absolute Gasteiger partial charge is 0.424 e. The van der Waals surface area contributed by atoms with Crippen LogP contribution in [0.3, 0.4) is 0 Å². The number of carbonyl (C=O) groups excluding carboxylic acids is 1. The minimum absolute atomic E-state index is 0.0324. The molecule has 31 heavy (non-hydrogen) atoms. The molecule has 2 bridgehead atoms. The predicted molar refractivity (Wildman–Crippen MR) is 119 cm³/mol. The molecule has 3 aliphatic heterocycles. The molecule has 3 saturated heterocycles. The molecule has 10 heteroatoms.